The molecular weight excluding hydrogens is 265 g/mol. The van der Waals surface area contributed by atoms with E-state index < -0.39 is 0 Å². The molecule has 1 rings (SSSR count). The maximum atomic E-state index is 5.76. The Morgan fingerprint density at radius 2 is 2.00 bits per heavy atom. The van der Waals surface area contributed by atoms with Crippen molar-refractivity contribution in [1.82, 2.24) is 0 Å². The molecule has 0 amide bonds. The predicted molar refractivity (Wildman–Crippen MR) is 78.3 cm³/mol. The Labute approximate surface area is 113 Å². The van der Waals surface area contributed by atoms with Gasteiger partial charge in [0.05, 0.1) is 5.69 Å². The molecule has 0 aromatic heterocycles. The standard InChI is InChI=1S/C10H15N3S.2ClH/c1-7(11)8-4-3-5-9(6-8)13-10(12)14-2;;/h3-7H,11H2,1-2H3,(H2,12,13);2*1H. The van der Waals surface area contributed by atoms with Crippen LogP contribution in [0, 0.1) is 0 Å². The molecule has 1 aromatic carbocycles. The fourth-order valence-electron chi connectivity index (χ4n) is 1.05. The van der Waals surface area contributed by atoms with E-state index in [2.05, 4.69) is 4.99 Å². The number of nitrogens with zero attached hydrogens (tertiary/aromatic N) is 1. The summed E-state index contributed by atoms with van der Waals surface area (Å²) in [6.07, 6.45) is 1.90. The van der Waals surface area contributed by atoms with Crippen LogP contribution in [0.2, 0.25) is 0 Å². The third-order valence-corrected chi connectivity index (χ3v) is 2.35. The summed E-state index contributed by atoms with van der Waals surface area (Å²) in [5.41, 5.74) is 13.3. The van der Waals surface area contributed by atoms with Crippen molar-refractivity contribution in [2.75, 3.05) is 6.26 Å². The Balaban J connectivity index is 0. The molecule has 0 aliphatic carbocycles. The zero-order chi connectivity index (χ0) is 10.6. The van der Waals surface area contributed by atoms with Crippen LogP contribution in [0.15, 0.2) is 29.3 Å². The van der Waals surface area contributed by atoms with E-state index in [1.807, 2.05) is 37.4 Å². The summed E-state index contributed by atoms with van der Waals surface area (Å²) in [5, 5.41) is 0.562. The highest BCUT2D eigenvalue weighted by molar-refractivity contribution is 8.13. The number of halogens is 2. The molecule has 92 valence electrons. The van der Waals surface area contributed by atoms with E-state index in [0.29, 0.717) is 5.17 Å². The van der Waals surface area contributed by atoms with E-state index in [9.17, 15) is 0 Å². The van der Waals surface area contributed by atoms with Crippen LogP contribution in [0.25, 0.3) is 0 Å². The van der Waals surface area contributed by atoms with Crippen LogP contribution in [-0.4, -0.2) is 11.4 Å². The molecule has 6 heteroatoms. The molecule has 0 saturated heterocycles. The summed E-state index contributed by atoms with van der Waals surface area (Å²) >= 11 is 1.43. The highest BCUT2D eigenvalue weighted by atomic mass is 35.5. The molecule has 0 saturated carbocycles. The Bertz CT molecular complexity index is 343. The third-order valence-electron chi connectivity index (χ3n) is 1.84. The average Bonchev–Trinajstić information content (AvgIpc) is 2.18. The van der Waals surface area contributed by atoms with Gasteiger partial charge in [-0.1, -0.05) is 23.9 Å². The van der Waals surface area contributed by atoms with E-state index in [4.69, 9.17) is 11.5 Å². The first-order valence-corrected chi connectivity index (χ1v) is 5.59. The second-order valence-electron chi connectivity index (χ2n) is 3.04. The van der Waals surface area contributed by atoms with Gasteiger partial charge < -0.3 is 11.5 Å². The first kappa shape index (κ1) is 18.0. The Kier molecular flexibility index (Phi) is 9.77. The summed E-state index contributed by atoms with van der Waals surface area (Å²) in [5.74, 6) is 0. The lowest BCUT2D eigenvalue weighted by Crippen LogP contribution is -2.05. The number of thioether (sulfide) groups is 1. The van der Waals surface area contributed by atoms with Gasteiger partial charge in [-0.3, -0.25) is 0 Å². The second kappa shape index (κ2) is 8.70. The van der Waals surface area contributed by atoms with Crippen molar-refractivity contribution in [2.24, 2.45) is 16.5 Å². The molecule has 1 unspecified atom stereocenters. The number of hydrogen-bond donors (Lipinski definition) is 2. The smallest absolute Gasteiger partial charge is 0.158 e. The molecule has 0 spiro atoms. The van der Waals surface area contributed by atoms with E-state index >= 15 is 0 Å². The van der Waals surface area contributed by atoms with Crippen molar-refractivity contribution < 1.29 is 0 Å². The molecule has 0 heterocycles. The number of aliphatic imine (C=N–C) groups is 1. The van der Waals surface area contributed by atoms with Gasteiger partial charge in [0, 0.05) is 6.04 Å². The van der Waals surface area contributed by atoms with Crippen molar-refractivity contribution in [3.63, 3.8) is 0 Å². The van der Waals surface area contributed by atoms with Gasteiger partial charge in [-0.05, 0) is 30.9 Å². The summed E-state index contributed by atoms with van der Waals surface area (Å²) < 4.78 is 0. The Morgan fingerprint density at radius 3 is 2.50 bits per heavy atom. The zero-order valence-electron chi connectivity index (χ0n) is 9.21. The molecule has 0 fully saturated rings. The number of nitrogens with two attached hydrogens (primary N) is 2. The maximum absolute atomic E-state index is 5.76. The van der Waals surface area contributed by atoms with Gasteiger partial charge in [0.1, 0.15) is 0 Å². The van der Waals surface area contributed by atoms with Gasteiger partial charge in [0.2, 0.25) is 0 Å². The molecule has 3 nitrogen and oxygen atoms in total. The molecule has 0 aliphatic rings. The minimum absolute atomic E-state index is 0. The van der Waals surface area contributed by atoms with Crippen molar-refractivity contribution in [1.29, 1.82) is 0 Å². The minimum atomic E-state index is 0. The first-order valence-electron chi connectivity index (χ1n) is 4.37. The average molecular weight is 282 g/mol. The van der Waals surface area contributed by atoms with Crippen LogP contribution in [0.4, 0.5) is 5.69 Å². The fourth-order valence-corrected chi connectivity index (χ4v) is 1.25. The molecule has 0 bridgehead atoms. The van der Waals surface area contributed by atoms with Crippen LogP contribution in [0.1, 0.15) is 18.5 Å². The predicted octanol–water partition coefficient (Wildman–Crippen LogP) is 2.86. The van der Waals surface area contributed by atoms with Crippen molar-refractivity contribution in [3.05, 3.63) is 29.8 Å². The zero-order valence-corrected chi connectivity index (χ0v) is 11.7. The summed E-state index contributed by atoms with van der Waals surface area (Å²) in [7, 11) is 0. The van der Waals surface area contributed by atoms with Gasteiger partial charge in [-0.15, -0.1) is 24.8 Å². The van der Waals surface area contributed by atoms with Crippen LogP contribution in [0.5, 0.6) is 0 Å². The quantitative estimate of drug-likeness (QED) is 0.647. The van der Waals surface area contributed by atoms with Crippen LogP contribution in [0.3, 0.4) is 0 Å². The molecule has 0 radical (unpaired) electrons. The number of hydrogen-bond acceptors (Lipinski definition) is 3. The van der Waals surface area contributed by atoms with E-state index in [0.717, 1.165) is 11.3 Å². The lowest BCUT2D eigenvalue weighted by atomic mass is 10.1. The van der Waals surface area contributed by atoms with E-state index in [1.165, 1.54) is 11.8 Å². The monoisotopic (exact) mass is 281 g/mol. The van der Waals surface area contributed by atoms with Crippen LogP contribution < -0.4 is 11.5 Å². The second-order valence-corrected chi connectivity index (χ2v) is 3.86. The lowest BCUT2D eigenvalue weighted by molar-refractivity contribution is 0.818. The number of benzene rings is 1. The van der Waals surface area contributed by atoms with Gasteiger partial charge in [0.15, 0.2) is 5.17 Å². The van der Waals surface area contributed by atoms with Gasteiger partial charge >= 0.3 is 0 Å². The topological polar surface area (TPSA) is 64.4 Å². The number of rotatable bonds is 2. The molecule has 1 atom stereocenters. The molecule has 16 heavy (non-hydrogen) atoms. The van der Waals surface area contributed by atoms with Crippen molar-refractivity contribution in [2.45, 2.75) is 13.0 Å². The highest BCUT2D eigenvalue weighted by Gasteiger charge is 1.99. The highest BCUT2D eigenvalue weighted by Crippen LogP contribution is 2.18. The molecule has 4 N–H and O–H groups in total. The normalized spacial score (nSPS) is 12.3. The molecular formula is C10H17Cl2N3S. The Hall–Kier alpha value is -0.420. The van der Waals surface area contributed by atoms with Crippen molar-refractivity contribution >= 4 is 47.4 Å². The van der Waals surface area contributed by atoms with E-state index in [-0.39, 0.29) is 30.9 Å². The Morgan fingerprint density at radius 1 is 1.38 bits per heavy atom. The van der Waals surface area contributed by atoms with Gasteiger partial charge in [0.25, 0.3) is 0 Å². The minimum Gasteiger partial charge on any atom is -0.378 e. The molecule has 0 aliphatic heterocycles. The fraction of sp³-hybridized carbons (Fsp3) is 0.300. The van der Waals surface area contributed by atoms with Gasteiger partial charge in [-0.25, -0.2) is 4.99 Å². The molecule has 1 aromatic rings. The third kappa shape index (κ3) is 5.61. The van der Waals surface area contributed by atoms with Crippen LogP contribution in [-0.2, 0) is 0 Å². The largest absolute Gasteiger partial charge is 0.378 e. The summed E-state index contributed by atoms with van der Waals surface area (Å²) in [6.45, 7) is 1.95. The number of amidine groups is 1. The lowest BCUT2D eigenvalue weighted by Gasteiger charge is -2.05. The van der Waals surface area contributed by atoms with E-state index in [1.54, 1.807) is 0 Å². The maximum Gasteiger partial charge on any atom is 0.158 e. The first-order chi connectivity index (χ1) is 6.63. The summed E-state index contributed by atoms with van der Waals surface area (Å²) in [6, 6.07) is 7.81. The van der Waals surface area contributed by atoms with Gasteiger partial charge in [-0.2, -0.15) is 0 Å². The van der Waals surface area contributed by atoms with Crippen molar-refractivity contribution in [3.8, 4) is 0 Å². The SMILES string of the molecule is CSC(N)=Nc1cccc(C(C)N)c1.Cl.Cl. The summed E-state index contributed by atoms with van der Waals surface area (Å²) in [4.78, 5) is 4.22. The van der Waals surface area contributed by atoms with Crippen LogP contribution >= 0.6 is 36.6 Å².